The van der Waals surface area contributed by atoms with Crippen LogP contribution in [0.5, 0.6) is 0 Å². The third-order valence-corrected chi connectivity index (χ3v) is 8.15. The molecule has 2 aliphatic heterocycles. The Labute approximate surface area is 200 Å². The maximum atomic E-state index is 12.8. The Bertz CT molecular complexity index is 1200. The van der Waals surface area contributed by atoms with Gasteiger partial charge in [0, 0.05) is 24.2 Å². The Balaban J connectivity index is 1.43. The van der Waals surface area contributed by atoms with Gasteiger partial charge in [-0.15, -0.1) is 23.5 Å². The zero-order valence-corrected chi connectivity index (χ0v) is 19.4. The number of thioether (sulfide) groups is 2. The summed E-state index contributed by atoms with van der Waals surface area (Å²) in [5.74, 6) is 3.76. The predicted molar refractivity (Wildman–Crippen MR) is 122 cm³/mol. The van der Waals surface area contributed by atoms with E-state index in [4.69, 9.17) is 15.1 Å². The van der Waals surface area contributed by atoms with Crippen LogP contribution in [0.1, 0.15) is 5.76 Å². The molecule has 0 aliphatic carbocycles. The van der Waals surface area contributed by atoms with Crippen LogP contribution in [-0.4, -0.2) is 79.7 Å². The molecule has 4 N–H and O–H groups in total. The molecule has 13 nitrogen and oxygen atoms in total. The standard InChI is InChI=1S/C19H20N6O7S2/c1-31-23-12(10-3-2-6-32-10)14(26)22-13-15(27)24-7-19(17(28)29,9-34-16(13)24)8-33-11-4-5-25(20)18(30)21-11/h2-6,13,16H,7-9,20H2,1H3,(H,22,26)(H,28,29)/t13-,16-,19?/m1/s1. The number of nitrogens with two attached hydrogens (primary N) is 1. The number of oxime groups is 1. The maximum Gasteiger partial charge on any atom is 0.366 e. The van der Waals surface area contributed by atoms with Gasteiger partial charge in [-0.2, -0.15) is 4.98 Å². The number of hydrogen-bond donors (Lipinski definition) is 3. The average Bonchev–Trinajstić information content (AvgIpc) is 3.35. The molecule has 2 aromatic heterocycles. The van der Waals surface area contributed by atoms with Crippen LogP contribution in [0.2, 0.25) is 0 Å². The first-order chi connectivity index (χ1) is 16.3. The molecule has 34 heavy (non-hydrogen) atoms. The molecule has 0 spiro atoms. The van der Waals surface area contributed by atoms with Gasteiger partial charge in [0.05, 0.1) is 6.26 Å². The van der Waals surface area contributed by atoms with Gasteiger partial charge in [0.15, 0.2) is 5.76 Å². The van der Waals surface area contributed by atoms with Gasteiger partial charge in [0.1, 0.15) is 29.0 Å². The number of carboxylic acid groups (broad SMARTS) is 1. The van der Waals surface area contributed by atoms with E-state index in [0.29, 0.717) is 5.03 Å². The van der Waals surface area contributed by atoms with E-state index in [2.05, 4.69) is 15.5 Å². The number of amides is 2. The number of nitrogens with one attached hydrogen (secondary N) is 1. The molecule has 0 radical (unpaired) electrons. The number of hydrogen-bond acceptors (Lipinski definition) is 11. The number of nitrogen functional groups attached to an aromatic ring is 1. The number of nitrogens with zero attached hydrogens (tertiary/aromatic N) is 4. The molecule has 2 fully saturated rings. The monoisotopic (exact) mass is 508 g/mol. The van der Waals surface area contributed by atoms with Crippen LogP contribution in [0, 0.1) is 5.41 Å². The van der Waals surface area contributed by atoms with E-state index in [0.717, 1.165) is 16.4 Å². The molecule has 2 aliphatic rings. The second kappa shape index (κ2) is 9.42. The highest BCUT2D eigenvalue weighted by Gasteiger charge is 2.57. The van der Waals surface area contributed by atoms with Crippen molar-refractivity contribution in [1.29, 1.82) is 0 Å². The molecule has 180 valence electrons. The van der Waals surface area contributed by atoms with Gasteiger partial charge in [0.25, 0.3) is 5.91 Å². The van der Waals surface area contributed by atoms with Crippen LogP contribution in [0.15, 0.2) is 50.1 Å². The van der Waals surface area contributed by atoms with Gasteiger partial charge in [0.2, 0.25) is 11.6 Å². The first kappa shape index (κ1) is 23.7. The molecule has 1 unspecified atom stereocenters. The van der Waals surface area contributed by atoms with Crippen LogP contribution in [0.25, 0.3) is 0 Å². The zero-order chi connectivity index (χ0) is 24.5. The summed E-state index contributed by atoms with van der Waals surface area (Å²) in [5, 5.41) is 16.2. The van der Waals surface area contributed by atoms with Crippen molar-refractivity contribution >= 4 is 47.0 Å². The Morgan fingerprint density at radius 1 is 1.47 bits per heavy atom. The minimum atomic E-state index is -1.26. The maximum absolute atomic E-state index is 12.8. The molecule has 2 amide bonds. The van der Waals surface area contributed by atoms with E-state index in [9.17, 15) is 24.3 Å². The van der Waals surface area contributed by atoms with Gasteiger partial charge in [-0.3, -0.25) is 14.4 Å². The Kier molecular flexibility index (Phi) is 6.56. The molecule has 0 bridgehead atoms. The number of aliphatic carboxylic acids is 1. The fourth-order valence-electron chi connectivity index (χ4n) is 3.51. The Morgan fingerprint density at radius 3 is 2.91 bits per heavy atom. The van der Waals surface area contributed by atoms with Crippen molar-refractivity contribution < 1.29 is 28.7 Å². The number of β-lactam (4-membered cyclic amide) rings is 1. The summed E-state index contributed by atoms with van der Waals surface area (Å²) < 4.78 is 6.01. The zero-order valence-electron chi connectivity index (χ0n) is 17.7. The van der Waals surface area contributed by atoms with E-state index in [-0.39, 0.29) is 29.5 Å². The van der Waals surface area contributed by atoms with Crippen molar-refractivity contribution in [3.05, 3.63) is 46.9 Å². The number of rotatable bonds is 8. The summed E-state index contributed by atoms with van der Waals surface area (Å²) in [7, 11) is 1.28. The number of aromatic nitrogens is 2. The summed E-state index contributed by atoms with van der Waals surface area (Å²) in [6.07, 6.45) is 2.72. The van der Waals surface area contributed by atoms with E-state index in [1.54, 1.807) is 6.07 Å². The van der Waals surface area contributed by atoms with Crippen LogP contribution in [-0.2, 0) is 19.2 Å². The second-order valence-corrected chi connectivity index (χ2v) is 9.65. The lowest BCUT2D eigenvalue weighted by molar-refractivity contribution is -0.157. The highest BCUT2D eigenvalue weighted by atomic mass is 32.2. The van der Waals surface area contributed by atoms with Gasteiger partial charge >= 0.3 is 11.7 Å². The molecular weight excluding hydrogens is 488 g/mol. The van der Waals surface area contributed by atoms with Gasteiger partial charge < -0.3 is 30.4 Å². The van der Waals surface area contributed by atoms with Crippen molar-refractivity contribution in [3.63, 3.8) is 0 Å². The lowest BCUT2D eigenvalue weighted by atomic mass is 9.89. The number of furan rings is 1. The van der Waals surface area contributed by atoms with Crippen molar-refractivity contribution in [2.45, 2.75) is 16.4 Å². The van der Waals surface area contributed by atoms with Crippen LogP contribution < -0.4 is 16.8 Å². The first-order valence-electron chi connectivity index (χ1n) is 9.85. The quantitative estimate of drug-likeness (QED) is 0.101. The molecule has 0 aromatic carbocycles. The molecule has 0 saturated carbocycles. The normalized spacial score (nSPS) is 24.2. The summed E-state index contributed by atoms with van der Waals surface area (Å²) in [6, 6.07) is 3.79. The topological polar surface area (TPSA) is 182 Å². The minimum Gasteiger partial charge on any atom is -0.481 e. The SMILES string of the molecule is CON=C(C(=O)N[C@@H]1C(=O)N2CC(CSc3ccn(N)c(=O)n3)(C(=O)O)CS[C@H]12)c1ccco1. The molecule has 2 aromatic rings. The number of carboxylic acids is 1. The van der Waals surface area contributed by atoms with E-state index >= 15 is 0 Å². The molecular formula is C19H20N6O7S2. The van der Waals surface area contributed by atoms with Crippen molar-refractivity contribution in [3.8, 4) is 0 Å². The van der Waals surface area contributed by atoms with Crippen molar-refractivity contribution in [1.82, 2.24) is 19.9 Å². The third-order valence-electron chi connectivity index (χ3n) is 5.34. The highest BCUT2D eigenvalue weighted by molar-refractivity contribution is 8.00. The van der Waals surface area contributed by atoms with E-state index in [1.165, 1.54) is 48.4 Å². The smallest absolute Gasteiger partial charge is 0.366 e. The van der Waals surface area contributed by atoms with Gasteiger partial charge in [-0.25, -0.2) is 9.47 Å². The Morgan fingerprint density at radius 2 is 2.26 bits per heavy atom. The van der Waals surface area contributed by atoms with Crippen molar-refractivity contribution in [2.75, 3.05) is 31.0 Å². The predicted octanol–water partition coefficient (Wildman–Crippen LogP) is -0.836. The highest BCUT2D eigenvalue weighted by Crippen LogP contribution is 2.44. The third kappa shape index (κ3) is 4.35. The van der Waals surface area contributed by atoms with E-state index < -0.39 is 40.3 Å². The van der Waals surface area contributed by atoms with Gasteiger partial charge in [-0.05, 0) is 18.2 Å². The van der Waals surface area contributed by atoms with Crippen LogP contribution >= 0.6 is 23.5 Å². The fourth-order valence-corrected chi connectivity index (χ4v) is 6.22. The lowest BCUT2D eigenvalue weighted by Crippen LogP contribution is -2.74. The van der Waals surface area contributed by atoms with E-state index in [1.807, 2.05) is 0 Å². The Hall–Kier alpha value is -3.46. The lowest BCUT2D eigenvalue weighted by Gasteiger charge is -2.53. The fraction of sp³-hybridized carbons (Fsp3) is 0.368. The number of fused-ring (bicyclic) bond motifs is 1. The summed E-state index contributed by atoms with van der Waals surface area (Å²) in [6.45, 7) is -0.0383. The van der Waals surface area contributed by atoms with Crippen LogP contribution in [0.3, 0.4) is 0 Å². The van der Waals surface area contributed by atoms with Gasteiger partial charge in [-0.1, -0.05) is 5.16 Å². The molecule has 3 atom stereocenters. The number of carbonyl (C=O) groups is 3. The summed E-state index contributed by atoms with van der Waals surface area (Å²) in [4.78, 5) is 59.2. The molecule has 15 heteroatoms. The largest absolute Gasteiger partial charge is 0.481 e. The van der Waals surface area contributed by atoms with Crippen LogP contribution in [0.4, 0.5) is 0 Å². The number of carbonyl (C=O) groups excluding carboxylic acids is 2. The molecule has 2 saturated heterocycles. The average molecular weight is 509 g/mol. The van der Waals surface area contributed by atoms with Crippen molar-refractivity contribution in [2.24, 2.45) is 10.6 Å². The molecule has 4 rings (SSSR count). The summed E-state index contributed by atoms with van der Waals surface area (Å²) in [5.41, 5.74) is -2.04. The molecule has 4 heterocycles. The minimum absolute atomic E-state index is 0.0383. The first-order valence-corrected chi connectivity index (χ1v) is 11.9. The summed E-state index contributed by atoms with van der Waals surface area (Å²) >= 11 is 2.36. The second-order valence-electron chi connectivity index (χ2n) is 7.55.